The fourth-order valence-electron chi connectivity index (χ4n) is 1.39. The van der Waals surface area contributed by atoms with Gasteiger partial charge in [-0.1, -0.05) is 0 Å². The molecular weight excluding hydrogens is 888 g/mol. The number of amides is 16. The molecule has 0 radical (unpaired) electrons. The summed E-state index contributed by atoms with van der Waals surface area (Å²) in [6.07, 6.45) is 0. The maximum absolute atomic E-state index is 10.1. The molecule has 32 nitrogen and oxygen atoms in total. The molecule has 16 amide bonds. The van der Waals surface area contributed by atoms with Crippen molar-refractivity contribution in [2.75, 3.05) is 52.4 Å². The van der Waals surface area contributed by atoms with Gasteiger partial charge in [-0.25, -0.2) is 38.4 Å². The van der Waals surface area contributed by atoms with E-state index in [0.717, 1.165) is 0 Å². The van der Waals surface area contributed by atoms with Crippen LogP contribution in [0.1, 0.15) is 55.4 Å². The van der Waals surface area contributed by atoms with E-state index in [1.807, 2.05) is 55.4 Å². The molecule has 0 aromatic carbocycles. The molecule has 384 valence electrons. The first-order valence-corrected chi connectivity index (χ1v) is 17.4. The smallest absolute Gasteiger partial charge is 0.398 e. The van der Waals surface area contributed by atoms with Crippen molar-refractivity contribution >= 4 is 77.8 Å². The Labute approximate surface area is 369 Å². The lowest BCUT2D eigenvalue weighted by Gasteiger charge is -1.88. The van der Waals surface area contributed by atoms with E-state index in [1.54, 1.807) is 0 Å². The number of rotatable bonds is 8. The standard InChI is InChI=1S/8C3H8N2O.4BFH2O2/c8*1-2-5-3(4)6;4*2-1(3)4/h8*2H2,1H3,(H3,4,5,6);4*3-4H. The van der Waals surface area contributed by atoms with E-state index >= 15 is 0 Å². The number of nitrogens with two attached hydrogens (primary N) is 8. The minimum atomic E-state index is -2.67. The second-order valence-electron chi connectivity index (χ2n) is 8.40. The molecule has 0 aliphatic heterocycles. The third-order valence-electron chi connectivity index (χ3n) is 2.81. The summed E-state index contributed by atoms with van der Waals surface area (Å²) in [7, 11) is -10.7. The Morgan fingerprint density at radius 2 is 0.328 bits per heavy atom. The maximum atomic E-state index is 10.1. The number of hydrogen-bond acceptors (Lipinski definition) is 16. The highest BCUT2D eigenvalue weighted by atomic mass is 19.1. The molecule has 0 heterocycles. The number of nitrogens with one attached hydrogen (secondary N) is 8. The first kappa shape index (κ1) is 88.9. The lowest BCUT2D eigenvalue weighted by molar-refractivity contribution is 0.248. The van der Waals surface area contributed by atoms with Gasteiger partial charge in [0.2, 0.25) is 0 Å². The quantitative estimate of drug-likeness (QED) is 0.0794. The molecular formula is C24H72B4F4N16O16. The van der Waals surface area contributed by atoms with Crippen molar-refractivity contribution in [3.63, 3.8) is 0 Å². The van der Waals surface area contributed by atoms with Crippen molar-refractivity contribution in [1.82, 2.24) is 42.5 Å². The van der Waals surface area contributed by atoms with Crippen LogP contribution < -0.4 is 88.4 Å². The van der Waals surface area contributed by atoms with Crippen LogP contribution in [0.25, 0.3) is 0 Å². The van der Waals surface area contributed by atoms with Gasteiger partial charge in [-0.2, -0.15) is 0 Å². The Bertz CT molecular complexity index is 813. The molecule has 64 heavy (non-hydrogen) atoms. The third kappa shape index (κ3) is 528. The summed E-state index contributed by atoms with van der Waals surface area (Å²) < 4.78 is 40.4. The molecule has 0 atom stereocenters. The van der Waals surface area contributed by atoms with Gasteiger partial charge in [0.1, 0.15) is 0 Å². The van der Waals surface area contributed by atoms with E-state index in [4.69, 9.17) is 40.2 Å². The van der Waals surface area contributed by atoms with Crippen LogP contribution in [0.2, 0.25) is 0 Å². The molecule has 0 bridgehead atoms. The van der Waals surface area contributed by atoms with Crippen LogP contribution in [0.3, 0.4) is 0 Å². The molecule has 0 fully saturated rings. The zero-order valence-corrected chi connectivity index (χ0v) is 36.9. The summed E-state index contributed by atoms with van der Waals surface area (Å²) in [6.45, 7) is 19.3. The second kappa shape index (κ2) is 84.3. The summed E-state index contributed by atoms with van der Waals surface area (Å²) >= 11 is 0. The van der Waals surface area contributed by atoms with E-state index in [9.17, 15) is 55.6 Å². The summed E-state index contributed by atoms with van der Waals surface area (Å²) in [5, 5.41) is 74.3. The van der Waals surface area contributed by atoms with Gasteiger partial charge in [0, 0.05) is 52.4 Å². The third-order valence-corrected chi connectivity index (χ3v) is 2.81. The molecule has 0 aromatic rings. The largest absolute Gasteiger partial charge is 0.674 e. The van der Waals surface area contributed by atoms with E-state index in [0.29, 0.717) is 52.4 Å². The van der Waals surface area contributed by atoms with E-state index in [-0.39, 0.29) is 0 Å². The number of carbonyl (C=O) groups excluding carboxylic acids is 8. The average molecular weight is 960 g/mol. The monoisotopic (exact) mass is 961 g/mol. The first-order chi connectivity index (χ1) is 29.1. The molecule has 0 spiro atoms. The lowest BCUT2D eigenvalue weighted by atomic mass is 10.3. The molecule has 0 saturated carbocycles. The molecule has 0 aromatic heterocycles. The molecule has 0 aliphatic carbocycles. The van der Waals surface area contributed by atoms with Crippen LogP contribution >= 0.6 is 0 Å². The average Bonchev–Trinajstić information content (AvgIpc) is 3.05. The van der Waals surface area contributed by atoms with Gasteiger partial charge in [0.15, 0.2) is 0 Å². The summed E-state index contributed by atoms with van der Waals surface area (Å²) in [5.41, 5.74) is 37.2. The number of carbonyl (C=O) groups is 8. The summed E-state index contributed by atoms with van der Waals surface area (Å²) in [4.78, 5) is 77.7. The van der Waals surface area contributed by atoms with E-state index in [2.05, 4.69) is 88.4 Å². The van der Waals surface area contributed by atoms with Crippen LogP contribution in [0, 0.1) is 0 Å². The van der Waals surface area contributed by atoms with Gasteiger partial charge >= 0.3 is 77.8 Å². The summed E-state index contributed by atoms with van der Waals surface area (Å²) in [5.74, 6) is 0. The molecule has 32 N–H and O–H groups in total. The van der Waals surface area contributed by atoms with Gasteiger partial charge < -0.3 is 129 Å². The number of halogens is 4. The molecule has 0 saturated heterocycles. The molecule has 0 unspecified atom stereocenters. The predicted octanol–water partition coefficient (Wildman–Crippen LogP) is -6.90. The number of hydrogen-bond donors (Lipinski definition) is 24. The van der Waals surface area contributed by atoms with Gasteiger partial charge in [0.25, 0.3) is 0 Å². The van der Waals surface area contributed by atoms with Crippen LogP contribution in [-0.4, -0.2) is 170 Å². The highest BCUT2D eigenvalue weighted by molar-refractivity contribution is 6.32. The van der Waals surface area contributed by atoms with Gasteiger partial charge in [-0.3, -0.25) is 17.3 Å². The van der Waals surface area contributed by atoms with Crippen molar-refractivity contribution in [2.45, 2.75) is 55.4 Å². The number of primary amides is 8. The van der Waals surface area contributed by atoms with E-state index < -0.39 is 77.8 Å². The zero-order chi connectivity index (χ0) is 54.2. The lowest BCUT2D eigenvalue weighted by Crippen LogP contribution is -2.28. The van der Waals surface area contributed by atoms with Crippen molar-refractivity contribution in [3.8, 4) is 0 Å². The van der Waals surface area contributed by atoms with Crippen molar-refractivity contribution in [3.05, 3.63) is 0 Å². The Morgan fingerprint density at radius 3 is 0.328 bits per heavy atom. The van der Waals surface area contributed by atoms with Crippen LogP contribution in [-0.2, 0) is 0 Å². The SMILES string of the molecule is CCNC(N)=O.CCNC(N)=O.CCNC(N)=O.CCNC(N)=O.CCNC(N)=O.CCNC(N)=O.CCNC(N)=O.CCNC(N)=O.OB(O)F.OB(O)F.OB(O)F.OB(O)F. The first-order valence-electron chi connectivity index (χ1n) is 17.4. The van der Waals surface area contributed by atoms with Crippen molar-refractivity contribution in [1.29, 1.82) is 0 Å². The van der Waals surface area contributed by atoms with E-state index in [1.165, 1.54) is 0 Å². The van der Waals surface area contributed by atoms with Crippen molar-refractivity contribution in [2.24, 2.45) is 45.9 Å². The zero-order valence-electron chi connectivity index (χ0n) is 36.9. The molecule has 0 aliphatic rings. The molecule has 40 heteroatoms. The highest BCUT2D eigenvalue weighted by Gasteiger charge is 1.98. The fraction of sp³-hybridized carbons (Fsp3) is 0.667. The fourth-order valence-corrected chi connectivity index (χ4v) is 1.39. The maximum Gasteiger partial charge on any atom is 0.674 e. The van der Waals surface area contributed by atoms with Gasteiger partial charge in [-0.15, -0.1) is 0 Å². The summed E-state index contributed by atoms with van der Waals surface area (Å²) in [6, 6.07) is -3.69. The van der Waals surface area contributed by atoms with Crippen molar-refractivity contribution < 1.29 is 95.8 Å². The predicted molar refractivity (Wildman–Crippen MR) is 231 cm³/mol. The van der Waals surface area contributed by atoms with Crippen LogP contribution in [0.15, 0.2) is 0 Å². The Balaban J connectivity index is -0.0000000463. The second-order valence-corrected chi connectivity index (χ2v) is 8.40. The Morgan fingerprint density at radius 1 is 0.281 bits per heavy atom. The van der Waals surface area contributed by atoms with Gasteiger partial charge in [0.05, 0.1) is 0 Å². The molecule has 0 rings (SSSR count). The van der Waals surface area contributed by atoms with Crippen LogP contribution in [0.4, 0.5) is 55.6 Å². The highest BCUT2D eigenvalue weighted by Crippen LogP contribution is 1.59. The number of urea groups is 8. The normalized spacial score (nSPS) is 7.31. The Hall–Kier alpha value is -6.18. The van der Waals surface area contributed by atoms with Crippen LogP contribution in [0.5, 0.6) is 0 Å². The minimum Gasteiger partial charge on any atom is -0.398 e. The Kier molecular flexibility index (Phi) is 117. The minimum absolute atomic E-state index is 0.461. The van der Waals surface area contributed by atoms with Gasteiger partial charge in [-0.05, 0) is 55.4 Å². The topological polar surface area (TPSA) is 603 Å².